The molecule has 0 unspecified atom stereocenters. The Hall–Kier alpha value is -0.160. The van der Waals surface area contributed by atoms with E-state index in [1.807, 2.05) is 0 Å². The van der Waals surface area contributed by atoms with Gasteiger partial charge in [0.2, 0.25) is 0 Å². The molecule has 0 heterocycles. The van der Waals surface area contributed by atoms with Gasteiger partial charge in [-0.15, -0.1) is 0 Å². The molecule has 6 N–H and O–H groups in total. The van der Waals surface area contributed by atoms with Gasteiger partial charge in [-0.3, -0.25) is 0 Å². The van der Waals surface area contributed by atoms with Crippen LogP contribution in [-0.2, 0) is 0 Å². The zero-order valence-electron chi connectivity index (χ0n) is 5.77. The van der Waals surface area contributed by atoms with Crippen molar-refractivity contribution in [1.29, 1.82) is 0 Å². The lowest BCUT2D eigenvalue weighted by molar-refractivity contribution is 0.0229. The zero-order chi connectivity index (χ0) is 7.72. The molecule has 0 saturated heterocycles. The summed E-state index contributed by atoms with van der Waals surface area (Å²) in [6.07, 6.45) is -0.276. The first-order valence-electron chi connectivity index (χ1n) is 3.48. The highest BCUT2D eigenvalue weighted by molar-refractivity contribution is 4.89. The second kappa shape index (κ2) is 2.84. The molecule has 1 aliphatic carbocycles. The number of aliphatic hydroxyl groups is 2. The van der Waals surface area contributed by atoms with Crippen LogP contribution in [0.25, 0.3) is 0 Å². The molecule has 0 bridgehead atoms. The molecule has 4 atom stereocenters. The molecule has 1 saturated carbocycles. The summed E-state index contributed by atoms with van der Waals surface area (Å²) in [5.41, 5.74) is 10.9. The number of aliphatic hydroxyl groups excluding tert-OH is 2. The normalized spacial score (nSPS) is 49.2. The molecule has 0 radical (unpaired) electrons. The molecule has 10 heavy (non-hydrogen) atoms. The maximum Gasteiger partial charge on any atom is 0.0707 e. The standard InChI is InChI=1S/C6H14N2O2/c7-3-1-5(9)4(8)2-6(3)10/h3-6,9-10H,1-2,7-8H2/t3-,4-,5-,6-/m1/s1. The topological polar surface area (TPSA) is 92.5 Å². The van der Waals surface area contributed by atoms with Crippen LogP contribution < -0.4 is 11.5 Å². The van der Waals surface area contributed by atoms with E-state index in [4.69, 9.17) is 21.7 Å². The lowest BCUT2D eigenvalue weighted by Crippen LogP contribution is -2.52. The molecule has 0 aromatic heterocycles. The SMILES string of the molecule is N[C@@H]1C[C@@H](O)[C@H](N)C[C@H]1O. The molecule has 4 nitrogen and oxygen atoms in total. The maximum absolute atomic E-state index is 9.15. The van der Waals surface area contributed by atoms with Gasteiger partial charge in [-0.1, -0.05) is 0 Å². The van der Waals surface area contributed by atoms with Crippen LogP contribution in [0, 0.1) is 0 Å². The Morgan fingerprint density at radius 2 is 1.20 bits per heavy atom. The van der Waals surface area contributed by atoms with Crippen molar-refractivity contribution < 1.29 is 10.2 Å². The molecule has 1 aliphatic rings. The van der Waals surface area contributed by atoms with E-state index in [0.717, 1.165) is 0 Å². The molecular formula is C6H14N2O2. The highest BCUT2D eigenvalue weighted by Gasteiger charge is 2.30. The van der Waals surface area contributed by atoms with E-state index in [2.05, 4.69) is 0 Å². The molecule has 1 fully saturated rings. The van der Waals surface area contributed by atoms with Crippen LogP contribution >= 0.6 is 0 Å². The Bertz CT molecular complexity index is 94.3. The third-order valence-corrected chi connectivity index (χ3v) is 2.02. The van der Waals surface area contributed by atoms with Gasteiger partial charge in [0, 0.05) is 12.1 Å². The second-order valence-electron chi connectivity index (χ2n) is 2.93. The van der Waals surface area contributed by atoms with Crippen LogP contribution in [0.15, 0.2) is 0 Å². The summed E-state index contributed by atoms with van der Waals surface area (Å²) in [7, 11) is 0. The number of hydrogen-bond acceptors (Lipinski definition) is 4. The minimum Gasteiger partial charge on any atom is -0.391 e. The third kappa shape index (κ3) is 1.46. The maximum atomic E-state index is 9.15. The van der Waals surface area contributed by atoms with Gasteiger partial charge < -0.3 is 21.7 Å². The highest BCUT2D eigenvalue weighted by atomic mass is 16.3. The van der Waals surface area contributed by atoms with E-state index in [1.54, 1.807) is 0 Å². The Balaban J connectivity index is 2.46. The molecule has 4 heteroatoms. The van der Waals surface area contributed by atoms with Gasteiger partial charge in [0.25, 0.3) is 0 Å². The summed E-state index contributed by atoms with van der Waals surface area (Å²) in [5, 5.41) is 18.3. The van der Waals surface area contributed by atoms with E-state index in [1.165, 1.54) is 0 Å². The van der Waals surface area contributed by atoms with Gasteiger partial charge in [-0.2, -0.15) is 0 Å². The second-order valence-corrected chi connectivity index (χ2v) is 2.93. The monoisotopic (exact) mass is 146 g/mol. The minimum absolute atomic E-state index is 0.310. The van der Waals surface area contributed by atoms with E-state index < -0.39 is 12.2 Å². The van der Waals surface area contributed by atoms with Gasteiger partial charge in [-0.05, 0) is 12.8 Å². The Morgan fingerprint density at radius 3 is 1.50 bits per heavy atom. The van der Waals surface area contributed by atoms with Gasteiger partial charge in [0.1, 0.15) is 0 Å². The van der Waals surface area contributed by atoms with Crippen LogP contribution in [0.3, 0.4) is 0 Å². The molecule has 1 rings (SSSR count). The molecule has 0 aromatic carbocycles. The molecule has 0 aliphatic heterocycles. The van der Waals surface area contributed by atoms with Gasteiger partial charge in [0.05, 0.1) is 12.2 Å². The molecule has 0 aromatic rings. The van der Waals surface area contributed by atoms with Crippen molar-refractivity contribution in [3.8, 4) is 0 Å². The summed E-state index contributed by atoms with van der Waals surface area (Å²) < 4.78 is 0. The van der Waals surface area contributed by atoms with Crippen molar-refractivity contribution in [2.75, 3.05) is 0 Å². The molecule has 0 amide bonds. The van der Waals surface area contributed by atoms with Crippen molar-refractivity contribution in [3.63, 3.8) is 0 Å². The predicted molar refractivity (Wildman–Crippen MR) is 37.2 cm³/mol. The number of rotatable bonds is 0. The quantitative estimate of drug-likeness (QED) is 0.323. The Kier molecular flexibility index (Phi) is 2.25. The van der Waals surface area contributed by atoms with Crippen LogP contribution in [0.5, 0.6) is 0 Å². The number of hydrogen-bond donors (Lipinski definition) is 4. The first-order chi connectivity index (χ1) is 4.61. The predicted octanol–water partition coefficient (Wildman–Crippen LogP) is -1.84. The van der Waals surface area contributed by atoms with E-state index in [-0.39, 0.29) is 12.1 Å². The van der Waals surface area contributed by atoms with Crippen LogP contribution in [0.4, 0.5) is 0 Å². The van der Waals surface area contributed by atoms with Crippen molar-refractivity contribution in [2.24, 2.45) is 11.5 Å². The molecule has 0 spiro atoms. The smallest absolute Gasteiger partial charge is 0.0707 e. The van der Waals surface area contributed by atoms with Crippen LogP contribution in [0.2, 0.25) is 0 Å². The highest BCUT2D eigenvalue weighted by Crippen LogP contribution is 2.16. The summed E-state index contributed by atoms with van der Waals surface area (Å²) in [6.45, 7) is 0. The number of nitrogens with two attached hydrogens (primary N) is 2. The molecular weight excluding hydrogens is 132 g/mol. The fourth-order valence-electron chi connectivity index (χ4n) is 1.22. The van der Waals surface area contributed by atoms with Crippen molar-refractivity contribution >= 4 is 0 Å². The summed E-state index contributed by atoms with van der Waals surface area (Å²) in [4.78, 5) is 0. The first kappa shape index (κ1) is 7.94. The van der Waals surface area contributed by atoms with Gasteiger partial charge in [-0.25, -0.2) is 0 Å². The Morgan fingerprint density at radius 1 is 0.900 bits per heavy atom. The average Bonchev–Trinajstić information content (AvgIpc) is 1.84. The third-order valence-electron chi connectivity index (χ3n) is 2.02. The van der Waals surface area contributed by atoms with Crippen LogP contribution in [0.1, 0.15) is 12.8 Å². The van der Waals surface area contributed by atoms with Crippen molar-refractivity contribution in [1.82, 2.24) is 0 Å². The van der Waals surface area contributed by atoms with E-state index in [9.17, 15) is 0 Å². The van der Waals surface area contributed by atoms with E-state index >= 15 is 0 Å². The summed E-state index contributed by atoms with van der Waals surface area (Å²) in [5.74, 6) is 0. The first-order valence-corrected chi connectivity index (χ1v) is 3.48. The average molecular weight is 146 g/mol. The van der Waals surface area contributed by atoms with Crippen LogP contribution in [-0.4, -0.2) is 34.5 Å². The zero-order valence-corrected chi connectivity index (χ0v) is 5.77. The summed E-state index contributed by atoms with van der Waals surface area (Å²) in [6, 6.07) is -0.621. The Labute approximate surface area is 59.8 Å². The van der Waals surface area contributed by atoms with E-state index in [0.29, 0.717) is 12.8 Å². The molecule has 60 valence electrons. The summed E-state index contributed by atoms with van der Waals surface area (Å²) >= 11 is 0. The van der Waals surface area contributed by atoms with Gasteiger partial charge >= 0.3 is 0 Å². The lowest BCUT2D eigenvalue weighted by atomic mass is 9.87. The minimum atomic E-state index is -0.543. The van der Waals surface area contributed by atoms with Crippen molar-refractivity contribution in [3.05, 3.63) is 0 Å². The fourth-order valence-corrected chi connectivity index (χ4v) is 1.22. The van der Waals surface area contributed by atoms with Gasteiger partial charge in [0.15, 0.2) is 0 Å². The van der Waals surface area contributed by atoms with Crippen molar-refractivity contribution in [2.45, 2.75) is 37.1 Å². The lowest BCUT2D eigenvalue weighted by Gasteiger charge is -2.32. The largest absolute Gasteiger partial charge is 0.391 e. The fraction of sp³-hybridized carbons (Fsp3) is 1.00.